The van der Waals surface area contributed by atoms with Crippen molar-refractivity contribution in [2.45, 2.75) is 24.3 Å². The molecule has 1 aliphatic rings. The summed E-state index contributed by atoms with van der Waals surface area (Å²) in [7, 11) is 0.195. The molecule has 0 atom stereocenters. The number of fused-ring (bicyclic) bond motifs is 1. The van der Waals surface area contributed by atoms with Gasteiger partial charge >= 0.3 is 5.76 Å². The molecule has 0 radical (unpaired) electrons. The van der Waals surface area contributed by atoms with E-state index in [2.05, 4.69) is 5.32 Å². The number of sulfonamides is 1. The van der Waals surface area contributed by atoms with Gasteiger partial charge in [0.15, 0.2) is 5.58 Å². The summed E-state index contributed by atoms with van der Waals surface area (Å²) in [6, 6.07) is 4.31. The van der Waals surface area contributed by atoms with Crippen LogP contribution < -0.4 is 11.1 Å². The van der Waals surface area contributed by atoms with Crippen LogP contribution in [0.3, 0.4) is 0 Å². The minimum absolute atomic E-state index is 0.0910. The molecule has 3 rings (SSSR count). The van der Waals surface area contributed by atoms with Crippen LogP contribution in [0.1, 0.15) is 12.8 Å². The Morgan fingerprint density at radius 3 is 2.63 bits per heavy atom. The minimum atomic E-state index is -3.60. The molecule has 9 nitrogen and oxygen atoms in total. The first kappa shape index (κ1) is 19.6. The number of carbonyl (C=O) groups excluding carboxylic acids is 1. The zero-order chi connectivity index (χ0) is 19.6. The second kappa shape index (κ2) is 7.83. The maximum Gasteiger partial charge on any atom is 0.420 e. The average Bonchev–Trinajstić information content (AvgIpc) is 3.23. The number of nitrogens with zero attached hydrogens (tertiary/aromatic N) is 3. The number of rotatable bonds is 7. The van der Waals surface area contributed by atoms with Crippen LogP contribution in [0.4, 0.5) is 0 Å². The average molecular weight is 396 g/mol. The fraction of sp³-hybridized carbons (Fsp3) is 0.529. The summed E-state index contributed by atoms with van der Waals surface area (Å²) in [6.45, 7) is 1.97. The maximum atomic E-state index is 12.7. The maximum absolute atomic E-state index is 12.7. The summed E-state index contributed by atoms with van der Waals surface area (Å²) in [4.78, 5) is 26.2. The lowest BCUT2D eigenvalue weighted by molar-refractivity contribution is -0.121. The molecule has 1 aromatic carbocycles. The molecule has 1 fully saturated rings. The predicted octanol–water partition coefficient (Wildman–Crippen LogP) is 0.0568. The number of benzene rings is 1. The van der Waals surface area contributed by atoms with Gasteiger partial charge in [0.2, 0.25) is 15.9 Å². The van der Waals surface area contributed by atoms with Crippen molar-refractivity contribution in [1.29, 1.82) is 0 Å². The van der Waals surface area contributed by atoms with E-state index in [0.717, 1.165) is 12.8 Å². The van der Waals surface area contributed by atoms with Crippen molar-refractivity contribution in [3.05, 3.63) is 28.7 Å². The quantitative estimate of drug-likeness (QED) is 0.709. The molecule has 1 N–H and O–H groups in total. The van der Waals surface area contributed by atoms with Gasteiger partial charge in [-0.1, -0.05) is 0 Å². The topological polar surface area (TPSA) is 105 Å². The first-order chi connectivity index (χ1) is 12.8. The normalized spacial score (nSPS) is 15.7. The summed E-state index contributed by atoms with van der Waals surface area (Å²) < 4.78 is 33.1. The Bertz CT molecular complexity index is 986. The molecule has 1 amide bonds. The van der Waals surface area contributed by atoms with Gasteiger partial charge in [-0.25, -0.2) is 13.2 Å². The van der Waals surface area contributed by atoms with Gasteiger partial charge < -0.3 is 14.6 Å². The third kappa shape index (κ3) is 4.23. The summed E-state index contributed by atoms with van der Waals surface area (Å²) in [5.41, 5.74) is 0.546. The van der Waals surface area contributed by atoms with E-state index in [1.54, 1.807) is 0 Å². The minimum Gasteiger partial charge on any atom is -0.408 e. The molecule has 27 heavy (non-hydrogen) atoms. The van der Waals surface area contributed by atoms with E-state index in [9.17, 15) is 18.0 Å². The summed E-state index contributed by atoms with van der Waals surface area (Å²) in [5, 5.41) is 2.73. The molecule has 0 spiro atoms. The van der Waals surface area contributed by atoms with Gasteiger partial charge in [0.25, 0.3) is 0 Å². The van der Waals surface area contributed by atoms with Crippen LogP contribution >= 0.6 is 0 Å². The SMILES string of the molecule is CN(C)CCNC(=O)Cn1c(=O)oc2cc(S(=O)(=O)N3CCCC3)ccc21. The molecule has 148 valence electrons. The Balaban J connectivity index is 1.82. The van der Waals surface area contributed by atoms with E-state index in [1.807, 2.05) is 19.0 Å². The van der Waals surface area contributed by atoms with Crippen LogP contribution in [-0.4, -0.2) is 68.4 Å². The zero-order valence-corrected chi connectivity index (χ0v) is 16.3. The third-order valence-electron chi connectivity index (χ3n) is 4.53. The van der Waals surface area contributed by atoms with E-state index in [-0.39, 0.29) is 22.9 Å². The number of amides is 1. The number of nitrogens with one attached hydrogen (secondary N) is 1. The number of hydrogen-bond acceptors (Lipinski definition) is 6. The van der Waals surface area contributed by atoms with Crippen molar-refractivity contribution in [2.24, 2.45) is 0 Å². The fourth-order valence-electron chi connectivity index (χ4n) is 3.05. The Labute approximate surface area is 157 Å². The molecule has 10 heteroatoms. The van der Waals surface area contributed by atoms with Crippen molar-refractivity contribution in [3.63, 3.8) is 0 Å². The molecule has 0 saturated carbocycles. The number of aromatic nitrogens is 1. The van der Waals surface area contributed by atoms with Gasteiger partial charge in [-0.3, -0.25) is 9.36 Å². The standard InChI is InChI=1S/C17H24N4O5S/c1-19(2)10-7-18-16(22)12-21-14-6-5-13(11-15(14)26-17(21)23)27(24,25)20-8-3-4-9-20/h5-6,11H,3-4,7-10,12H2,1-2H3,(H,18,22). The van der Waals surface area contributed by atoms with Gasteiger partial charge in [-0.05, 0) is 39.1 Å². The molecule has 2 aromatic rings. The van der Waals surface area contributed by atoms with Gasteiger partial charge in [0.1, 0.15) is 6.54 Å². The number of carbonyl (C=O) groups is 1. The molecule has 0 bridgehead atoms. The monoisotopic (exact) mass is 396 g/mol. The Morgan fingerprint density at radius 1 is 1.26 bits per heavy atom. The molecule has 1 saturated heterocycles. The Hall–Kier alpha value is -2.17. The van der Waals surface area contributed by atoms with Crippen LogP contribution in [-0.2, 0) is 21.4 Å². The van der Waals surface area contributed by atoms with E-state index < -0.39 is 15.8 Å². The van der Waals surface area contributed by atoms with E-state index >= 15 is 0 Å². The molecule has 0 aliphatic carbocycles. The van der Waals surface area contributed by atoms with Gasteiger partial charge in [-0.2, -0.15) is 4.31 Å². The summed E-state index contributed by atoms with van der Waals surface area (Å²) in [6.07, 6.45) is 1.69. The van der Waals surface area contributed by atoms with E-state index in [0.29, 0.717) is 31.7 Å². The molecular weight excluding hydrogens is 372 g/mol. The van der Waals surface area contributed by atoms with E-state index in [4.69, 9.17) is 4.42 Å². The van der Waals surface area contributed by atoms with Crippen LogP contribution in [0.15, 0.2) is 32.3 Å². The lowest BCUT2D eigenvalue weighted by Gasteiger charge is -2.15. The van der Waals surface area contributed by atoms with Crippen LogP contribution in [0, 0.1) is 0 Å². The van der Waals surface area contributed by atoms with E-state index in [1.165, 1.54) is 27.1 Å². The fourth-order valence-corrected chi connectivity index (χ4v) is 4.59. The lowest BCUT2D eigenvalue weighted by atomic mass is 10.3. The highest BCUT2D eigenvalue weighted by molar-refractivity contribution is 7.89. The van der Waals surface area contributed by atoms with Crippen molar-refractivity contribution in [2.75, 3.05) is 40.3 Å². The lowest BCUT2D eigenvalue weighted by Crippen LogP contribution is -2.35. The molecule has 0 unspecified atom stereocenters. The first-order valence-electron chi connectivity index (χ1n) is 8.84. The van der Waals surface area contributed by atoms with Crippen LogP contribution in [0.25, 0.3) is 11.1 Å². The van der Waals surface area contributed by atoms with Crippen molar-refractivity contribution >= 4 is 27.0 Å². The molecule has 2 heterocycles. The van der Waals surface area contributed by atoms with Gasteiger partial charge in [0, 0.05) is 32.2 Å². The van der Waals surface area contributed by atoms with Gasteiger partial charge in [-0.15, -0.1) is 0 Å². The van der Waals surface area contributed by atoms with Crippen molar-refractivity contribution in [3.8, 4) is 0 Å². The Kier molecular flexibility index (Phi) is 5.68. The van der Waals surface area contributed by atoms with Crippen LogP contribution in [0.2, 0.25) is 0 Å². The summed E-state index contributed by atoms with van der Waals surface area (Å²) >= 11 is 0. The second-order valence-corrected chi connectivity index (χ2v) is 8.79. The number of oxazole rings is 1. The highest BCUT2D eigenvalue weighted by Gasteiger charge is 2.28. The number of likely N-dealkylation sites (N-methyl/N-ethyl adjacent to an activating group) is 1. The Morgan fingerprint density at radius 2 is 1.96 bits per heavy atom. The first-order valence-corrected chi connectivity index (χ1v) is 10.3. The molecule has 1 aliphatic heterocycles. The third-order valence-corrected chi connectivity index (χ3v) is 6.42. The largest absolute Gasteiger partial charge is 0.420 e. The molecular formula is C17H24N4O5S. The zero-order valence-electron chi connectivity index (χ0n) is 15.5. The van der Waals surface area contributed by atoms with Crippen molar-refractivity contribution in [1.82, 2.24) is 19.1 Å². The molecule has 1 aromatic heterocycles. The van der Waals surface area contributed by atoms with Gasteiger partial charge in [0.05, 0.1) is 10.4 Å². The second-order valence-electron chi connectivity index (χ2n) is 6.85. The highest BCUT2D eigenvalue weighted by atomic mass is 32.2. The van der Waals surface area contributed by atoms with Crippen LogP contribution in [0.5, 0.6) is 0 Å². The summed E-state index contributed by atoms with van der Waals surface area (Å²) in [5.74, 6) is -1.00. The predicted molar refractivity (Wildman–Crippen MR) is 100 cm³/mol. The smallest absolute Gasteiger partial charge is 0.408 e. The number of hydrogen-bond donors (Lipinski definition) is 1. The van der Waals surface area contributed by atoms with Crippen molar-refractivity contribution < 1.29 is 17.6 Å². The highest BCUT2D eigenvalue weighted by Crippen LogP contribution is 2.24.